The molecular weight excluding hydrogens is 312 g/mol. The van der Waals surface area contributed by atoms with Gasteiger partial charge in [0.25, 0.3) is 0 Å². The van der Waals surface area contributed by atoms with Crippen LogP contribution in [0.1, 0.15) is 50.1 Å². The van der Waals surface area contributed by atoms with Gasteiger partial charge in [-0.15, -0.1) is 0 Å². The van der Waals surface area contributed by atoms with E-state index < -0.39 is 0 Å². The standard InChI is InChI=1S/C26H27/c1-17-12-19(3)24(20(4)13-17)16-25(23-10-8-7-9-11-23)26-21(5)14-18(2)15-22(26)6/h7-15H,1-6H3. The van der Waals surface area contributed by atoms with Gasteiger partial charge in [-0.25, -0.2) is 0 Å². The van der Waals surface area contributed by atoms with Crippen molar-refractivity contribution in [1.29, 1.82) is 0 Å². The first-order valence-electron chi connectivity index (χ1n) is 9.22. The van der Waals surface area contributed by atoms with Gasteiger partial charge >= 0.3 is 0 Å². The van der Waals surface area contributed by atoms with Gasteiger partial charge in [0.1, 0.15) is 0 Å². The maximum Gasteiger partial charge on any atom is -0.000859 e. The highest BCUT2D eigenvalue weighted by Crippen LogP contribution is 2.32. The van der Waals surface area contributed by atoms with Crippen molar-refractivity contribution in [3.63, 3.8) is 0 Å². The minimum absolute atomic E-state index is 1.18. The van der Waals surface area contributed by atoms with E-state index in [1.807, 2.05) is 0 Å². The first-order valence-corrected chi connectivity index (χ1v) is 9.22. The number of hydrogen-bond donors (Lipinski definition) is 0. The van der Waals surface area contributed by atoms with Gasteiger partial charge in [-0.2, -0.15) is 0 Å². The summed E-state index contributed by atoms with van der Waals surface area (Å²) >= 11 is 0. The Morgan fingerprint density at radius 2 is 1.08 bits per heavy atom. The van der Waals surface area contributed by atoms with Crippen molar-refractivity contribution >= 4 is 5.57 Å². The summed E-state index contributed by atoms with van der Waals surface area (Å²) in [6.07, 6.45) is 3.79. The van der Waals surface area contributed by atoms with E-state index in [0.717, 1.165) is 0 Å². The molecule has 0 nitrogen and oxygen atoms in total. The molecule has 0 amide bonds. The first-order chi connectivity index (χ1) is 12.4. The lowest BCUT2D eigenvalue weighted by molar-refractivity contribution is 1.26. The van der Waals surface area contributed by atoms with Crippen LogP contribution in [0.2, 0.25) is 0 Å². The average molecular weight is 340 g/mol. The zero-order valence-electron chi connectivity index (χ0n) is 16.7. The van der Waals surface area contributed by atoms with Crippen LogP contribution in [-0.4, -0.2) is 0 Å². The van der Waals surface area contributed by atoms with Gasteiger partial charge in [0.05, 0.1) is 0 Å². The maximum atomic E-state index is 3.79. The van der Waals surface area contributed by atoms with Gasteiger partial charge in [-0.05, 0) is 92.1 Å². The Bertz CT molecular complexity index is 926. The van der Waals surface area contributed by atoms with Crippen LogP contribution < -0.4 is 0 Å². The third kappa shape index (κ3) is 3.65. The molecule has 0 N–H and O–H groups in total. The van der Waals surface area contributed by atoms with Gasteiger partial charge in [-0.3, -0.25) is 0 Å². The molecule has 0 heterocycles. The normalized spacial score (nSPS) is 11.7. The van der Waals surface area contributed by atoms with E-state index >= 15 is 0 Å². The third-order valence-corrected chi connectivity index (χ3v) is 4.92. The van der Waals surface area contributed by atoms with Crippen molar-refractivity contribution in [2.75, 3.05) is 0 Å². The largest absolute Gasteiger partial charge is 0.0622 e. The van der Waals surface area contributed by atoms with Gasteiger partial charge < -0.3 is 0 Å². The van der Waals surface area contributed by atoms with Crippen molar-refractivity contribution in [3.8, 4) is 0 Å². The summed E-state index contributed by atoms with van der Waals surface area (Å²) in [6, 6.07) is 19.6. The van der Waals surface area contributed by atoms with Crippen molar-refractivity contribution < 1.29 is 0 Å². The molecule has 1 radical (unpaired) electrons. The summed E-state index contributed by atoms with van der Waals surface area (Å²) in [7, 11) is 0. The van der Waals surface area contributed by atoms with Crippen molar-refractivity contribution in [2.45, 2.75) is 41.5 Å². The van der Waals surface area contributed by atoms with E-state index in [1.54, 1.807) is 0 Å². The van der Waals surface area contributed by atoms with E-state index in [1.165, 1.54) is 55.6 Å². The summed E-state index contributed by atoms with van der Waals surface area (Å²) in [5.74, 6) is 0. The minimum Gasteiger partial charge on any atom is -0.0622 e. The Hall–Kier alpha value is -2.60. The van der Waals surface area contributed by atoms with Gasteiger partial charge in [0.2, 0.25) is 0 Å². The molecule has 0 aromatic heterocycles. The molecule has 0 spiro atoms. The lowest BCUT2D eigenvalue weighted by atomic mass is 9.87. The van der Waals surface area contributed by atoms with Gasteiger partial charge in [0, 0.05) is 0 Å². The SMILES string of the molecule is Cc1cc(C)c([C]=C(c2ccccc2)c2c(C)cc(C)cc2C)c(C)c1. The molecular formula is C26H27. The molecule has 0 bridgehead atoms. The summed E-state index contributed by atoms with van der Waals surface area (Å²) in [6.45, 7) is 13.1. The Morgan fingerprint density at radius 3 is 1.58 bits per heavy atom. The molecule has 3 aromatic carbocycles. The van der Waals surface area contributed by atoms with E-state index in [2.05, 4.69) is 102 Å². The maximum absolute atomic E-state index is 3.79. The van der Waals surface area contributed by atoms with E-state index in [9.17, 15) is 0 Å². The molecule has 0 aliphatic rings. The molecule has 3 rings (SSSR count). The zero-order valence-corrected chi connectivity index (χ0v) is 16.7. The molecule has 131 valence electrons. The van der Waals surface area contributed by atoms with Crippen molar-refractivity contribution in [1.82, 2.24) is 0 Å². The molecule has 0 fully saturated rings. The van der Waals surface area contributed by atoms with E-state index in [4.69, 9.17) is 0 Å². The van der Waals surface area contributed by atoms with Crippen molar-refractivity contribution in [3.05, 3.63) is 111 Å². The van der Waals surface area contributed by atoms with Crippen LogP contribution in [0.4, 0.5) is 0 Å². The molecule has 26 heavy (non-hydrogen) atoms. The highest BCUT2D eigenvalue weighted by molar-refractivity contribution is 5.83. The second-order valence-corrected chi connectivity index (χ2v) is 7.41. The van der Waals surface area contributed by atoms with Gasteiger partial charge in [-0.1, -0.05) is 65.7 Å². The summed E-state index contributed by atoms with van der Waals surface area (Å²) in [5, 5.41) is 0. The fraction of sp³-hybridized carbons (Fsp3) is 0.231. The number of hydrogen-bond acceptors (Lipinski definition) is 0. The average Bonchev–Trinajstić information content (AvgIpc) is 2.56. The topological polar surface area (TPSA) is 0 Å². The molecule has 0 heteroatoms. The number of rotatable bonds is 3. The second-order valence-electron chi connectivity index (χ2n) is 7.41. The van der Waals surface area contributed by atoms with Crippen LogP contribution in [-0.2, 0) is 0 Å². The Kier molecular flexibility index (Phi) is 5.13. The zero-order chi connectivity index (χ0) is 18.8. The summed E-state index contributed by atoms with van der Waals surface area (Å²) in [5.41, 5.74) is 12.6. The summed E-state index contributed by atoms with van der Waals surface area (Å²) in [4.78, 5) is 0. The highest BCUT2D eigenvalue weighted by Gasteiger charge is 2.14. The van der Waals surface area contributed by atoms with Crippen LogP contribution in [0.25, 0.3) is 5.57 Å². The Labute approximate surface area is 158 Å². The molecule has 0 saturated heterocycles. The van der Waals surface area contributed by atoms with Crippen LogP contribution in [0, 0.1) is 47.6 Å². The molecule has 0 saturated carbocycles. The lowest BCUT2D eigenvalue weighted by Gasteiger charge is -2.17. The lowest BCUT2D eigenvalue weighted by Crippen LogP contribution is -1.99. The van der Waals surface area contributed by atoms with Crippen LogP contribution in [0.5, 0.6) is 0 Å². The minimum atomic E-state index is 1.18. The van der Waals surface area contributed by atoms with E-state index in [0.29, 0.717) is 0 Å². The third-order valence-electron chi connectivity index (χ3n) is 4.92. The highest BCUT2D eigenvalue weighted by atomic mass is 14.2. The van der Waals surface area contributed by atoms with Crippen molar-refractivity contribution in [2.24, 2.45) is 0 Å². The first kappa shape index (κ1) is 18.2. The van der Waals surface area contributed by atoms with Gasteiger partial charge in [0.15, 0.2) is 0 Å². The summed E-state index contributed by atoms with van der Waals surface area (Å²) < 4.78 is 0. The Balaban J connectivity index is 2.31. The molecule has 0 atom stereocenters. The molecule has 0 aliphatic heterocycles. The predicted octanol–water partition coefficient (Wildman–Crippen LogP) is 6.82. The van der Waals surface area contributed by atoms with E-state index in [-0.39, 0.29) is 0 Å². The number of aryl methyl sites for hydroxylation is 6. The molecule has 0 aliphatic carbocycles. The monoisotopic (exact) mass is 339 g/mol. The van der Waals surface area contributed by atoms with Crippen LogP contribution in [0.3, 0.4) is 0 Å². The fourth-order valence-electron chi connectivity index (χ4n) is 3.96. The van der Waals surface area contributed by atoms with Crippen LogP contribution >= 0.6 is 0 Å². The quantitative estimate of drug-likeness (QED) is 0.459. The van der Waals surface area contributed by atoms with Crippen LogP contribution in [0.15, 0.2) is 54.6 Å². The Morgan fingerprint density at radius 1 is 0.615 bits per heavy atom. The molecule has 0 unspecified atom stereocenters. The smallest absolute Gasteiger partial charge is 0.000859 e. The second kappa shape index (κ2) is 7.33. The number of benzene rings is 3. The fourth-order valence-corrected chi connectivity index (χ4v) is 3.96. The predicted molar refractivity (Wildman–Crippen MR) is 113 cm³/mol. The molecule has 3 aromatic rings.